The van der Waals surface area contributed by atoms with Crippen molar-refractivity contribution in [3.05, 3.63) is 47.5 Å². The standard InChI is InChI=1S/C27H37ClN4O4/c1-21(2)26-29-9-12-31(26)11-7-24(33)32-10-4-8-27(19-32,18-25(34)30-13-15-35-16-14-30)20-36-23-6-3-5-22(28)17-23/h3,5-6,9,12,17,21H,4,7-8,10-11,13-16,18-20H2,1-2H3. The molecule has 1 unspecified atom stereocenters. The third-order valence-corrected chi connectivity index (χ3v) is 7.31. The number of halogens is 1. The summed E-state index contributed by atoms with van der Waals surface area (Å²) >= 11 is 6.15. The lowest BCUT2D eigenvalue weighted by atomic mass is 9.77. The Morgan fingerprint density at radius 3 is 2.72 bits per heavy atom. The monoisotopic (exact) mass is 516 g/mol. The molecule has 0 radical (unpaired) electrons. The number of hydrogen-bond donors (Lipinski definition) is 0. The second-order valence-corrected chi connectivity index (χ2v) is 10.7. The number of likely N-dealkylation sites (tertiary alicyclic amines) is 1. The molecule has 2 aromatic rings. The molecule has 8 nitrogen and oxygen atoms in total. The number of benzene rings is 1. The van der Waals surface area contributed by atoms with Crippen LogP contribution in [0.2, 0.25) is 5.02 Å². The minimum absolute atomic E-state index is 0.0993. The molecule has 0 bridgehead atoms. The van der Waals surface area contributed by atoms with Gasteiger partial charge in [0, 0.05) is 74.3 Å². The molecule has 2 fully saturated rings. The summed E-state index contributed by atoms with van der Waals surface area (Å²) in [6, 6.07) is 7.30. The molecule has 36 heavy (non-hydrogen) atoms. The summed E-state index contributed by atoms with van der Waals surface area (Å²) in [6.45, 7) is 8.70. The minimum Gasteiger partial charge on any atom is -0.493 e. The Labute approximate surface area is 218 Å². The quantitative estimate of drug-likeness (QED) is 0.503. The van der Waals surface area contributed by atoms with Crippen molar-refractivity contribution >= 4 is 23.4 Å². The van der Waals surface area contributed by atoms with Gasteiger partial charge in [-0.15, -0.1) is 0 Å². The van der Waals surface area contributed by atoms with E-state index in [1.54, 1.807) is 18.3 Å². The van der Waals surface area contributed by atoms with Crippen LogP contribution in [0.5, 0.6) is 5.75 Å². The lowest BCUT2D eigenvalue weighted by molar-refractivity contribution is -0.144. The number of morpholine rings is 1. The first-order chi connectivity index (χ1) is 17.3. The molecule has 0 saturated carbocycles. The summed E-state index contributed by atoms with van der Waals surface area (Å²) in [6.07, 6.45) is 6.13. The molecule has 2 aliphatic heterocycles. The van der Waals surface area contributed by atoms with E-state index in [4.69, 9.17) is 21.1 Å². The van der Waals surface area contributed by atoms with Crippen LogP contribution >= 0.6 is 11.6 Å². The first kappa shape index (κ1) is 26.5. The van der Waals surface area contributed by atoms with Crippen molar-refractivity contribution in [1.29, 1.82) is 0 Å². The fourth-order valence-corrected chi connectivity index (χ4v) is 5.34. The third-order valence-electron chi connectivity index (χ3n) is 7.08. The molecule has 1 aromatic carbocycles. The van der Waals surface area contributed by atoms with Gasteiger partial charge < -0.3 is 23.8 Å². The van der Waals surface area contributed by atoms with Crippen LogP contribution in [0.3, 0.4) is 0 Å². The average molecular weight is 517 g/mol. The molecule has 9 heteroatoms. The molecule has 196 valence electrons. The third kappa shape index (κ3) is 6.79. The van der Waals surface area contributed by atoms with Crippen LogP contribution < -0.4 is 4.74 Å². The highest BCUT2D eigenvalue weighted by molar-refractivity contribution is 6.30. The topological polar surface area (TPSA) is 76.9 Å². The zero-order valence-corrected chi connectivity index (χ0v) is 22.1. The van der Waals surface area contributed by atoms with Crippen molar-refractivity contribution in [1.82, 2.24) is 19.4 Å². The van der Waals surface area contributed by atoms with Crippen LogP contribution in [0.1, 0.15) is 51.3 Å². The lowest BCUT2D eigenvalue weighted by Gasteiger charge is -2.43. The van der Waals surface area contributed by atoms with Crippen molar-refractivity contribution < 1.29 is 19.1 Å². The highest BCUT2D eigenvalue weighted by Gasteiger charge is 2.41. The van der Waals surface area contributed by atoms with E-state index in [0.29, 0.717) is 82.1 Å². The van der Waals surface area contributed by atoms with E-state index in [-0.39, 0.29) is 11.8 Å². The number of piperidine rings is 1. The molecule has 4 rings (SSSR count). The summed E-state index contributed by atoms with van der Waals surface area (Å²) in [5, 5.41) is 0.603. The summed E-state index contributed by atoms with van der Waals surface area (Å²) in [7, 11) is 0. The SMILES string of the molecule is CC(C)c1nccn1CCC(=O)N1CCCC(COc2cccc(Cl)c2)(CC(=O)N2CCOCC2)C1. The van der Waals surface area contributed by atoms with Crippen LogP contribution in [0.15, 0.2) is 36.7 Å². The lowest BCUT2D eigenvalue weighted by Crippen LogP contribution is -2.52. The van der Waals surface area contributed by atoms with Crippen LogP contribution in [-0.2, 0) is 20.9 Å². The van der Waals surface area contributed by atoms with E-state index in [0.717, 1.165) is 18.7 Å². The largest absolute Gasteiger partial charge is 0.493 e. The summed E-state index contributed by atoms with van der Waals surface area (Å²) in [5.41, 5.74) is -0.455. The van der Waals surface area contributed by atoms with Crippen molar-refractivity contribution in [3.63, 3.8) is 0 Å². The first-order valence-corrected chi connectivity index (χ1v) is 13.3. The average Bonchev–Trinajstić information content (AvgIpc) is 3.36. The zero-order valence-electron chi connectivity index (χ0n) is 21.3. The van der Waals surface area contributed by atoms with Crippen LogP contribution in [0.25, 0.3) is 0 Å². The first-order valence-electron chi connectivity index (χ1n) is 12.9. The van der Waals surface area contributed by atoms with Crippen LogP contribution in [-0.4, -0.2) is 77.2 Å². The molecular weight excluding hydrogens is 480 g/mol. The van der Waals surface area contributed by atoms with Gasteiger partial charge in [0.05, 0.1) is 19.8 Å². The number of rotatable bonds is 9. The Kier molecular flexibility index (Phi) is 8.90. The Bertz CT molecular complexity index is 1040. The van der Waals surface area contributed by atoms with E-state index < -0.39 is 5.41 Å². The fourth-order valence-electron chi connectivity index (χ4n) is 5.16. The van der Waals surface area contributed by atoms with E-state index >= 15 is 0 Å². The van der Waals surface area contributed by atoms with Gasteiger partial charge in [-0.05, 0) is 31.0 Å². The molecule has 2 aliphatic rings. The van der Waals surface area contributed by atoms with Crippen LogP contribution in [0.4, 0.5) is 0 Å². The summed E-state index contributed by atoms with van der Waals surface area (Å²) in [5.74, 6) is 2.16. The summed E-state index contributed by atoms with van der Waals surface area (Å²) < 4.78 is 13.7. The maximum Gasteiger partial charge on any atom is 0.224 e. The Hall–Kier alpha value is -2.58. The maximum absolute atomic E-state index is 13.3. The highest BCUT2D eigenvalue weighted by atomic mass is 35.5. The number of imidazole rings is 1. The maximum atomic E-state index is 13.3. The predicted molar refractivity (Wildman–Crippen MR) is 138 cm³/mol. The van der Waals surface area contributed by atoms with E-state index in [1.807, 2.05) is 28.1 Å². The van der Waals surface area contributed by atoms with Gasteiger partial charge in [0.1, 0.15) is 11.6 Å². The number of carbonyl (C=O) groups is 2. The molecule has 0 spiro atoms. The minimum atomic E-state index is -0.455. The van der Waals surface area contributed by atoms with Crippen LogP contribution in [0, 0.1) is 5.41 Å². The number of ether oxygens (including phenoxy) is 2. The van der Waals surface area contributed by atoms with Gasteiger partial charge in [-0.25, -0.2) is 4.98 Å². The number of nitrogens with zero attached hydrogens (tertiary/aromatic N) is 4. The number of hydrogen-bond acceptors (Lipinski definition) is 5. The molecule has 3 heterocycles. The molecule has 0 N–H and O–H groups in total. The molecule has 2 saturated heterocycles. The summed E-state index contributed by atoms with van der Waals surface area (Å²) in [4.78, 5) is 34.8. The van der Waals surface area contributed by atoms with Gasteiger partial charge in [0.15, 0.2) is 0 Å². The van der Waals surface area contributed by atoms with E-state index in [9.17, 15) is 9.59 Å². The van der Waals surface area contributed by atoms with Gasteiger partial charge in [-0.3, -0.25) is 9.59 Å². The zero-order chi connectivity index (χ0) is 25.5. The molecule has 1 aromatic heterocycles. The Balaban J connectivity index is 1.45. The number of aromatic nitrogens is 2. The number of carbonyl (C=O) groups excluding carboxylic acids is 2. The molecule has 2 amide bonds. The molecule has 0 aliphatic carbocycles. The van der Waals surface area contributed by atoms with Crippen molar-refractivity contribution in [3.8, 4) is 5.75 Å². The normalized spacial score (nSPS) is 20.6. The van der Waals surface area contributed by atoms with Gasteiger partial charge >= 0.3 is 0 Å². The second kappa shape index (κ2) is 12.1. The van der Waals surface area contributed by atoms with E-state index in [2.05, 4.69) is 23.4 Å². The van der Waals surface area contributed by atoms with Crippen molar-refractivity contribution in [2.45, 2.75) is 52.0 Å². The smallest absolute Gasteiger partial charge is 0.224 e. The predicted octanol–water partition coefficient (Wildman–Crippen LogP) is 3.99. The highest BCUT2D eigenvalue weighted by Crippen LogP contribution is 2.36. The Morgan fingerprint density at radius 2 is 1.97 bits per heavy atom. The van der Waals surface area contributed by atoms with Gasteiger partial charge in [-0.2, -0.15) is 0 Å². The molecular formula is C27H37ClN4O4. The van der Waals surface area contributed by atoms with Crippen molar-refractivity contribution in [2.24, 2.45) is 5.41 Å². The van der Waals surface area contributed by atoms with Gasteiger partial charge in [0.25, 0.3) is 0 Å². The van der Waals surface area contributed by atoms with Crippen molar-refractivity contribution in [2.75, 3.05) is 46.0 Å². The fraction of sp³-hybridized carbons (Fsp3) is 0.593. The van der Waals surface area contributed by atoms with E-state index in [1.165, 1.54) is 0 Å². The molecule has 1 atom stereocenters. The van der Waals surface area contributed by atoms with Gasteiger partial charge in [-0.1, -0.05) is 31.5 Å². The number of amides is 2. The second-order valence-electron chi connectivity index (χ2n) is 10.2. The number of aryl methyl sites for hydroxylation is 1. The van der Waals surface area contributed by atoms with Gasteiger partial charge in [0.2, 0.25) is 11.8 Å². The Morgan fingerprint density at radius 1 is 1.17 bits per heavy atom.